The quantitative estimate of drug-likeness (QED) is 0.571. The Bertz CT molecular complexity index is 857. The highest BCUT2D eigenvalue weighted by Crippen LogP contribution is 2.35. The molecule has 5 nitrogen and oxygen atoms in total. The van der Waals surface area contributed by atoms with Crippen LogP contribution in [0.2, 0.25) is 0 Å². The lowest BCUT2D eigenvalue weighted by molar-refractivity contribution is 0.394. The van der Waals surface area contributed by atoms with E-state index in [9.17, 15) is 0 Å². The van der Waals surface area contributed by atoms with Gasteiger partial charge in [-0.05, 0) is 43.4 Å². The summed E-state index contributed by atoms with van der Waals surface area (Å²) in [6, 6.07) is 9.26. The second-order valence-electron chi connectivity index (χ2n) is 5.19. The van der Waals surface area contributed by atoms with E-state index in [1.165, 1.54) is 0 Å². The van der Waals surface area contributed by atoms with Crippen molar-refractivity contribution in [1.29, 1.82) is 0 Å². The summed E-state index contributed by atoms with van der Waals surface area (Å²) < 4.78 is 22.1. The third-order valence-corrected chi connectivity index (χ3v) is 4.49. The van der Waals surface area contributed by atoms with Crippen LogP contribution in [0.15, 0.2) is 40.5 Å². The summed E-state index contributed by atoms with van der Waals surface area (Å²) in [4.78, 5) is 2.32. The summed E-state index contributed by atoms with van der Waals surface area (Å²) in [5, 5.41) is 0.363. The van der Waals surface area contributed by atoms with Gasteiger partial charge < -0.3 is 18.6 Å². The van der Waals surface area contributed by atoms with Crippen molar-refractivity contribution in [2.45, 2.75) is 6.92 Å². The van der Waals surface area contributed by atoms with Crippen LogP contribution in [0.3, 0.4) is 0 Å². The zero-order valence-corrected chi connectivity index (χ0v) is 15.7. The molecule has 130 valence electrons. The lowest BCUT2D eigenvalue weighted by Crippen LogP contribution is -2.26. The van der Waals surface area contributed by atoms with E-state index >= 15 is 0 Å². The SMILES string of the molecule is CCN1C(=S)OC(=Cc2ccc(-c3ccc(OC)cc3OC)o2)C1=S. The summed E-state index contributed by atoms with van der Waals surface area (Å²) >= 11 is 10.5. The van der Waals surface area contributed by atoms with E-state index < -0.39 is 0 Å². The largest absolute Gasteiger partial charge is 0.497 e. The maximum absolute atomic E-state index is 5.90. The van der Waals surface area contributed by atoms with Crippen LogP contribution in [0, 0.1) is 0 Å². The predicted octanol–water partition coefficient (Wildman–Crippen LogP) is 4.27. The van der Waals surface area contributed by atoms with Gasteiger partial charge in [-0.3, -0.25) is 4.90 Å². The minimum Gasteiger partial charge on any atom is -0.497 e. The van der Waals surface area contributed by atoms with Crippen LogP contribution in [0.1, 0.15) is 12.7 Å². The molecule has 0 spiro atoms. The van der Waals surface area contributed by atoms with Gasteiger partial charge in [0, 0.05) is 18.7 Å². The lowest BCUT2D eigenvalue weighted by atomic mass is 10.1. The molecule has 0 saturated carbocycles. The summed E-state index contributed by atoms with van der Waals surface area (Å²) in [6.45, 7) is 2.63. The standard InChI is InChI=1S/C18H17NO4S2/c1-4-19-17(24)16(23-18(19)25)10-12-6-8-14(22-12)13-7-5-11(20-2)9-15(13)21-3/h5-10H,4H2,1-3H3. The molecule has 0 atom stereocenters. The van der Waals surface area contributed by atoms with Crippen LogP contribution in [-0.4, -0.2) is 35.8 Å². The smallest absolute Gasteiger partial charge is 0.270 e. The van der Waals surface area contributed by atoms with Crippen LogP contribution in [0.25, 0.3) is 17.4 Å². The van der Waals surface area contributed by atoms with Crippen molar-refractivity contribution in [3.63, 3.8) is 0 Å². The number of benzene rings is 1. The van der Waals surface area contributed by atoms with Crippen LogP contribution in [-0.2, 0) is 4.74 Å². The molecule has 1 aliphatic rings. The summed E-state index contributed by atoms with van der Waals surface area (Å²) in [7, 11) is 3.22. The Morgan fingerprint density at radius 1 is 1.12 bits per heavy atom. The molecule has 0 bridgehead atoms. The number of ether oxygens (including phenoxy) is 3. The first-order chi connectivity index (χ1) is 12.1. The molecule has 0 amide bonds. The number of hydrogen-bond acceptors (Lipinski definition) is 6. The number of methoxy groups -OCH3 is 2. The zero-order valence-electron chi connectivity index (χ0n) is 14.1. The lowest BCUT2D eigenvalue weighted by Gasteiger charge is -2.09. The average Bonchev–Trinajstić information content (AvgIpc) is 3.19. The van der Waals surface area contributed by atoms with Crippen molar-refractivity contribution in [2.24, 2.45) is 0 Å². The summed E-state index contributed by atoms with van der Waals surface area (Å²) in [5.74, 6) is 3.19. The second-order valence-corrected chi connectivity index (χ2v) is 5.93. The van der Waals surface area contributed by atoms with Gasteiger partial charge in [-0.1, -0.05) is 12.2 Å². The van der Waals surface area contributed by atoms with Gasteiger partial charge in [0.15, 0.2) is 10.7 Å². The first-order valence-electron chi connectivity index (χ1n) is 7.65. The zero-order chi connectivity index (χ0) is 18.0. The molecular weight excluding hydrogens is 358 g/mol. The van der Waals surface area contributed by atoms with Gasteiger partial charge in [0.25, 0.3) is 5.17 Å². The van der Waals surface area contributed by atoms with Gasteiger partial charge in [0.05, 0.1) is 19.8 Å². The molecule has 0 aliphatic carbocycles. The molecule has 1 aliphatic heterocycles. The van der Waals surface area contributed by atoms with Crippen molar-refractivity contribution < 1.29 is 18.6 Å². The highest BCUT2D eigenvalue weighted by Gasteiger charge is 2.28. The van der Waals surface area contributed by atoms with Crippen molar-refractivity contribution >= 4 is 40.7 Å². The summed E-state index contributed by atoms with van der Waals surface area (Å²) in [5.41, 5.74) is 0.827. The van der Waals surface area contributed by atoms with E-state index in [0.29, 0.717) is 45.5 Å². The highest BCUT2D eigenvalue weighted by atomic mass is 32.1. The molecule has 0 N–H and O–H groups in total. The molecule has 1 aromatic carbocycles. The molecule has 1 aromatic heterocycles. The van der Waals surface area contributed by atoms with E-state index in [2.05, 4.69) is 0 Å². The topological polar surface area (TPSA) is 44.1 Å². The number of rotatable bonds is 5. The normalized spacial score (nSPS) is 15.6. The van der Waals surface area contributed by atoms with Gasteiger partial charge in [-0.25, -0.2) is 0 Å². The van der Waals surface area contributed by atoms with Gasteiger partial charge in [-0.15, -0.1) is 0 Å². The Morgan fingerprint density at radius 2 is 1.92 bits per heavy atom. The van der Waals surface area contributed by atoms with Crippen molar-refractivity contribution in [1.82, 2.24) is 4.90 Å². The minimum absolute atomic E-state index is 0.363. The molecule has 0 unspecified atom stereocenters. The van der Waals surface area contributed by atoms with E-state index in [1.54, 1.807) is 25.2 Å². The third kappa shape index (κ3) is 3.38. The van der Waals surface area contributed by atoms with E-state index in [4.69, 9.17) is 43.1 Å². The molecule has 25 heavy (non-hydrogen) atoms. The number of furan rings is 1. The van der Waals surface area contributed by atoms with E-state index in [1.807, 2.05) is 37.3 Å². The van der Waals surface area contributed by atoms with Crippen molar-refractivity contribution in [3.8, 4) is 22.8 Å². The van der Waals surface area contributed by atoms with Crippen LogP contribution in [0.5, 0.6) is 11.5 Å². The fourth-order valence-electron chi connectivity index (χ4n) is 2.48. The Kier molecular flexibility index (Phi) is 5.06. The van der Waals surface area contributed by atoms with Gasteiger partial charge in [0.1, 0.15) is 23.0 Å². The Labute approximate surface area is 156 Å². The van der Waals surface area contributed by atoms with Crippen molar-refractivity contribution in [2.75, 3.05) is 20.8 Å². The fraction of sp³-hybridized carbons (Fsp3) is 0.222. The first kappa shape index (κ1) is 17.4. The van der Waals surface area contributed by atoms with Gasteiger partial charge in [-0.2, -0.15) is 0 Å². The highest BCUT2D eigenvalue weighted by molar-refractivity contribution is 7.82. The van der Waals surface area contributed by atoms with Gasteiger partial charge in [0.2, 0.25) is 0 Å². The number of hydrogen-bond donors (Lipinski definition) is 0. The Morgan fingerprint density at radius 3 is 2.56 bits per heavy atom. The van der Waals surface area contributed by atoms with Gasteiger partial charge >= 0.3 is 0 Å². The van der Waals surface area contributed by atoms with E-state index in [-0.39, 0.29) is 0 Å². The number of likely N-dealkylation sites (N-methyl/N-ethyl adjacent to an activating group) is 1. The molecule has 2 heterocycles. The minimum atomic E-state index is 0.363. The first-order valence-corrected chi connectivity index (χ1v) is 8.46. The molecular formula is C18H17NO4S2. The third-order valence-electron chi connectivity index (χ3n) is 3.76. The van der Waals surface area contributed by atoms with Crippen molar-refractivity contribution in [3.05, 3.63) is 41.9 Å². The molecule has 7 heteroatoms. The maximum Gasteiger partial charge on any atom is 0.270 e. The van der Waals surface area contributed by atoms with E-state index in [0.717, 1.165) is 5.56 Å². The van der Waals surface area contributed by atoms with Crippen LogP contribution >= 0.6 is 24.4 Å². The average molecular weight is 375 g/mol. The molecule has 3 rings (SSSR count). The van der Waals surface area contributed by atoms with Crippen LogP contribution in [0.4, 0.5) is 0 Å². The summed E-state index contributed by atoms with van der Waals surface area (Å²) in [6.07, 6.45) is 1.74. The monoisotopic (exact) mass is 375 g/mol. The molecule has 1 saturated heterocycles. The maximum atomic E-state index is 5.90. The fourth-order valence-corrected chi connectivity index (χ4v) is 3.16. The predicted molar refractivity (Wildman–Crippen MR) is 104 cm³/mol. The second kappa shape index (κ2) is 7.25. The molecule has 1 fully saturated rings. The molecule has 0 radical (unpaired) electrons. The number of thiocarbonyl (C=S) groups is 2. The number of nitrogens with zero attached hydrogens (tertiary/aromatic N) is 1. The molecule has 2 aromatic rings. The van der Waals surface area contributed by atoms with Crippen LogP contribution < -0.4 is 9.47 Å². The Balaban J connectivity index is 1.90. The Hall–Kier alpha value is -2.38.